The number of anilines is 2. The molecule has 0 aliphatic carbocycles. The Bertz CT molecular complexity index is 1020. The standard InChI is InChI=1S/C26H33N5O8/c32-22(27-20-7-3-1-4-8-20)15-30(18-25(36)37)13-11-29(17-24(34)35)12-14-31(19-26(38)39)16-23(33)28-21-9-5-2-6-10-21/h1-10H,11-19H2,(H,27,32)(H,28,33)(H,34,35)(H,36,37)(H,38,39). The van der Waals surface area contributed by atoms with Crippen molar-refractivity contribution in [2.24, 2.45) is 0 Å². The predicted molar refractivity (Wildman–Crippen MR) is 142 cm³/mol. The van der Waals surface area contributed by atoms with Crippen molar-refractivity contribution in [3.8, 4) is 0 Å². The number of carboxylic acids is 3. The lowest BCUT2D eigenvalue weighted by Gasteiger charge is -2.28. The third-order valence-corrected chi connectivity index (χ3v) is 5.39. The molecule has 2 aromatic rings. The topological polar surface area (TPSA) is 180 Å². The first kappa shape index (κ1) is 30.9. The molecule has 0 unspecified atom stereocenters. The molecule has 0 saturated heterocycles. The Balaban J connectivity index is 1.97. The third kappa shape index (κ3) is 13.7. The van der Waals surface area contributed by atoms with Crippen molar-refractivity contribution in [2.75, 3.05) is 69.5 Å². The fraction of sp³-hybridized carbons (Fsp3) is 0.346. The van der Waals surface area contributed by atoms with E-state index in [4.69, 9.17) is 0 Å². The molecule has 13 nitrogen and oxygen atoms in total. The highest BCUT2D eigenvalue weighted by Gasteiger charge is 2.20. The molecule has 2 rings (SSSR count). The van der Waals surface area contributed by atoms with Crippen LogP contribution in [0.5, 0.6) is 0 Å². The zero-order chi connectivity index (χ0) is 28.6. The molecule has 0 bridgehead atoms. The lowest BCUT2D eigenvalue weighted by molar-refractivity contribution is -0.140. The quantitative estimate of drug-likeness (QED) is 0.176. The monoisotopic (exact) mass is 543 g/mol. The van der Waals surface area contributed by atoms with E-state index in [2.05, 4.69) is 10.6 Å². The molecule has 0 saturated carbocycles. The lowest BCUT2D eigenvalue weighted by Crippen LogP contribution is -2.46. The van der Waals surface area contributed by atoms with Gasteiger partial charge in [0.25, 0.3) is 0 Å². The van der Waals surface area contributed by atoms with Gasteiger partial charge in [0.05, 0.1) is 32.7 Å². The number of para-hydroxylation sites is 2. The number of carbonyl (C=O) groups is 5. The van der Waals surface area contributed by atoms with Crippen LogP contribution in [-0.4, -0.2) is 119 Å². The second-order valence-electron chi connectivity index (χ2n) is 8.71. The number of hydrogen-bond acceptors (Lipinski definition) is 8. The number of nitrogens with zero attached hydrogens (tertiary/aromatic N) is 3. The number of benzene rings is 2. The zero-order valence-electron chi connectivity index (χ0n) is 21.4. The Hall–Kier alpha value is -4.33. The van der Waals surface area contributed by atoms with Gasteiger partial charge in [0.2, 0.25) is 11.8 Å². The summed E-state index contributed by atoms with van der Waals surface area (Å²) in [6, 6.07) is 17.3. The van der Waals surface area contributed by atoms with E-state index in [1.54, 1.807) is 60.7 Å². The molecule has 0 aromatic heterocycles. The van der Waals surface area contributed by atoms with E-state index in [1.807, 2.05) is 0 Å². The van der Waals surface area contributed by atoms with Crippen molar-refractivity contribution >= 4 is 41.1 Å². The van der Waals surface area contributed by atoms with E-state index in [0.717, 1.165) is 0 Å². The molecule has 39 heavy (non-hydrogen) atoms. The molecule has 0 aliphatic rings. The van der Waals surface area contributed by atoms with Crippen LogP contribution in [0.1, 0.15) is 0 Å². The van der Waals surface area contributed by atoms with Crippen molar-refractivity contribution in [1.29, 1.82) is 0 Å². The molecule has 0 radical (unpaired) electrons. The summed E-state index contributed by atoms with van der Waals surface area (Å²) in [7, 11) is 0. The van der Waals surface area contributed by atoms with Crippen LogP contribution < -0.4 is 10.6 Å². The first-order valence-electron chi connectivity index (χ1n) is 12.1. The normalized spacial score (nSPS) is 10.9. The number of carbonyl (C=O) groups excluding carboxylic acids is 2. The van der Waals surface area contributed by atoms with Gasteiger partial charge in [-0.15, -0.1) is 0 Å². The fourth-order valence-corrected chi connectivity index (χ4v) is 3.69. The average molecular weight is 544 g/mol. The fourth-order valence-electron chi connectivity index (χ4n) is 3.69. The minimum absolute atomic E-state index is 0.0647. The second-order valence-corrected chi connectivity index (χ2v) is 8.71. The largest absolute Gasteiger partial charge is 0.480 e. The Morgan fingerprint density at radius 2 is 0.795 bits per heavy atom. The molecule has 13 heteroatoms. The number of rotatable bonds is 18. The SMILES string of the molecule is O=C(O)CN(CCN(CC(=O)O)CC(=O)Nc1ccccc1)CCN(CC(=O)O)CC(=O)Nc1ccccc1. The van der Waals surface area contributed by atoms with Gasteiger partial charge >= 0.3 is 17.9 Å². The predicted octanol–water partition coefficient (Wildman–Crippen LogP) is 0.424. The second kappa shape index (κ2) is 16.5. The third-order valence-electron chi connectivity index (χ3n) is 5.39. The maximum absolute atomic E-state index is 12.4. The van der Waals surface area contributed by atoms with Crippen molar-refractivity contribution in [2.45, 2.75) is 0 Å². The van der Waals surface area contributed by atoms with Crippen molar-refractivity contribution < 1.29 is 39.3 Å². The molecule has 2 amide bonds. The van der Waals surface area contributed by atoms with Crippen LogP contribution >= 0.6 is 0 Å². The highest BCUT2D eigenvalue weighted by atomic mass is 16.4. The van der Waals surface area contributed by atoms with Gasteiger partial charge in [0.15, 0.2) is 0 Å². The summed E-state index contributed by atoms with van der Waals surface area (Å²) in [4.78, 5) is 63.2. The van der Waals surface area contributed by atoms with E-state index in [9.17, 15) is 39.3 Å². The molecule has 0 fully saturated rings. The zero-order valence-corrected chi connectivity index (χ0v) is 21.4. The van der Waals surface area contributed by atoms with Gasteiger partial charge < -0.3 is 26.0 Å². The smallest absolute Gasteiger partial charge is 0.317 e. The number of aliphatic carboxylic acids is 3. The minimum atomic E-state index is -1.15. The van der Waals surface area contributed by atoms with Crippen LogP contribution in [0.4, 0.5) is 11.4 Å². The highest BCUT2D eigenvalue weighted by Crippen LogP contribution is 2.06. The van der Waals surface area contributed by atoms with E-state index in [1.165, 1.54) is 14.7 Å². The molecule has 210 valence electrons. The van der Waals surface area contributed by atoms with Crippen LogP contribution in [0.2, 0.25) is 0 Å². The molecular formula is C26H33N5O8. The van der Waals surface area contributed by atoms with Crippen LogP contribution in [0.3, 0.4) is 0 Å². The number of hydrogen-bond donors (Lipinski definition) is 5. The average Bonchev–Trinajstić information content (AvgIpc) is 2.85. The van der Waals surface area contributed by atoms with Gasteiger partial charge in [-0.1, -0.05) is 36.4 Å². The van der Waals surface area contributed by atoms with Gasteiger partial charge in [-0.2, -0.15) is 0 Å². The van der Waals surface area contributed by atoms with Gasteiger partial charge in [-0.25, -0.2) is 0 Å². The molecule has 5 N–H and O–H groups in total. The van der Waals surface area contributed by atoms with E-state index in [0.29, 0.717) is 11.4 Å². The van der Waals surface area contributed by atoms with Gasteiger partial charge in [0, 0.05) is 37.6 Å². The van der Waals surface area contributed by atoms with Gasteiger partial charge in [0.1, 0.15) is 0 Å². The van der Waals surface area contributed by atoms with E-state index >= 15 is 0 Å². The summed E-state index contributed by atoms with van der Waals surface area (Å²) in [6.07, 6.45) is 0. The summed E-state index contributed by atoms with van der Waals surface area (Å²) < 4.78 is 0. The first-order chi connectivity index (χ1) is 18.6. The number of amides is 2. The van der Waals surface area contributed by atoms with Crippen molar-refractivity contribution in [3.63, 3.8) is 0 Å². The first-order valence-corrected chi connectivity index (χ1v) is 12.1. The van der Waals surface area contributed by atoms with E-state index < -0.39 is 49.4 Å². The Morgan fingerprint density at radius 1 is 0.487 bits per heavy atom. The summed E-state index contributed by atoms with van der Waals surface area (Å²) >= 11 is 0. The van der Waals surface area contributed by atoms with Crippen molar-refractivity contribution in [3.05, 3.63) is 60.7 Å². The Kier molecular flexibility index (Phi) is 13.1. The minimum Gasteiger partial charge on any atom is -0.480 e. The summed E-state index contributed by atoms with van der Waals surface area (Å²) in [5.74, 6) is -4.28. The summed E-state index contributed by atoms with van der Waals surface area (Å²) in [5, 5.41) is 33.2. The molecule has 0 aliphatic heterocycles. The molecule has 2 aromatic carbocycles. The van der Waals surface area contributed by atoms with E-state index in [-0.39, 0.29) is 39.3 Å². The van der Waals surface area contributed by atoms with Crippen molar-refractivity contribution in [1.82, 2.24) is 14.7 Å². The Morgan fingerprint density at radius 3 is 1.13 bits per heavy atom. The molecule has 0 atom stereocenters. The summed E-state index contributed by atoms with van der Waals surface area (Å²) in [6.45, 7) is -1.41. The van der Waals surface area contributed by atoms with Gasteiger partial charge in [-0.3, -0.25) is 38.7 Å². The Labute approximate surface area is 225 Å². The highest BCUT2D eigenvalue weighted by molar-refractivity contribution is 5.93. The van der Waals surface area contributed by atoms with Gasteiger partial charge in [-0.05, 0) is 24.3 Å². The van der Waals surface area contributed by atoms with Crippen LogP contribution in [-0.2, 0) is 24.0 Å². The molecule has 0 heterocycles. The van der Waals surface area contributed by atoms with Crippen LogP contribution in [0.25, 0.3) is 0 Å². The number of nitrogens with one attached hydrogen (secondary N) is 2. The summed E-state index contributed by atoms with van der Waals surface area (Å²) in [5.41, 5.74) is 1.11. The molecular weight excluding hydrogens is 510 g/mol. The lowest BCUT2D eigenvalue weighted by atomic mass is 10.3. The number of carboxylic acid groups (broad SMARTS) is 3. The maximum atomic E-state index is 12.4. The molecule has 0 spiro atoms. The maximum Gasteiger partial charge on any atom is 0.317 e. The van der Waals surface area contributed by atoms with Crippen LogP contribution in [0, 0.1) is 0 Å². The van der Waals surface area contributed by atoms with Crippen LogP contribution in [0.15, 0.2) is 60.7 Å².